The van der Waals surface area contributed by atoms with Gasteiger partial charge in [0.25, 0.3) is 0 Å². The highest BCUT2D eigenvalue weighted by Gasteiger charge is 3.00. The number of nitrogens with two attached hydrogens (primary N) is 2. The molecule has 0 amide bonds. The zero-order chi connectivity index (χ0) is 8.08. The minimum Gasteiger partial charge on any atom is -0.822 e. The molecule has 0 unspecified atom stereocenters. The summed E-state index contributed by atoms with van der Waals surface area (Å²) in [6.07, 6.45) is 0. The molecule has 0 rings (SSSR count). The smallest absolute Gasteiger partial charge is 0.822 e. The van der Waals surface area contributed by atoms with Crippen LogP contribution in [0.1, 0.15) is 0 Å². The Labute approximate surface area is 57.2 Å². The van der Waals surface area contributed by atoms with Crippen molar-refractivity contribution in [3.8, 4) is 0 Å². The maximum absolute atomic E-state index is 8.55. The lowest BCUT2D eigenvalue weighted by atomic mass is 11.1. The minimum absolute atomic E-state index is 0. The van der Waals surface area contributed by atoms with Crippen molar-refractivity contribution in [2.45, 2.75) is 0 Å². The summed E-state index contributed by atoms with van der Waals surface area (Å²) in [6.45, 7) is 0. The number of phosphoric acid groups is 1. The van der Waals surface area contributed by atoms with E-state index in [4.69, 9.17) is 24.7 Å². The Morgan fingerprint density at radius 3 is 1.30 bits per heavy atom. The zero-order valence-corrected chi connectivity index (χ0v) is 5.58. The van der Waals surface area contributed by atoms with Gasteiger partial charge in [-0.15, -0.1) is 0 Å². The first kappa shape index (κ1) is 16.0. The molecule has 9 heteroatoms. The van der Waals surface area contributed by atoms with Crippen LogP contribution in [0.2, 0.25) is 0 Å². The van der Waals surface area contributed by atoms with Crippen molar-refractivity contribution in [3.63, 3.8) is 0 Å². The third-order valence-corrected chi connectivity index (χ3v) is 0. The van der Waals surface area contributed by atoms with Crippen molar-refractivity contribution in [1.29, 1.82) is 5.41 Å². The molecule has 0 aliphatic rings. The van der Waals surface area contributed by atoms with E-state index >= 15 is 0 Å². The normalized spacial score (nSPS) is 8.30. The van der Waals surface area contributed by atoms with Gasteiger partial charge in [-0.3, -0.25) is 5.41 Å². The highest BCUT2D eigenvalue weighted by molar-refractivity contribution is 7.40. The van der Waals surface area contributed by atoms with E-state index in [1.165, 1.54) is 0 Å². The molecule has 0 atom stereocenters. The van der Waals surface area contributed by atoms with Gasteiger partial charge in [-0.1, -0.05) is 0 Å². The standard InChI is InChI=1S/CH5N3.N.H3O4P/c2-1(3)4;;1-5(2,3)4/h(H5,2,3,4);;(H3,1,2,3,4)/q;+3;/p-3. The second-order valence-corrected chi connectivity index (χ2v) is 1.80. The third-order valence-electron chi connectivity index (χ3n) is 0. The zero-order valence-electron chi connectivity index (χ0n) is 4.68. The van der Waals surface area contributed by atoms with Gasteiger partial charge < -0.3 is 30.7 Å². The number of rotatable bonds is 0. The van der Waals surface area contributed by atoms with Crippen LogP contribution in [0.4, 0.5) is 0 Å². The summed E-state index contributed by atoms with van der Waals surface area (Å²) in [5.74, 6) is -0.333. The van der Waals surface area contributed by atoms with E-state index in [2.05, 4.69) is 11.5 Å². The van der Waals surface area contributed by atoms with Crippen molar-refractivity contribution in [3.05, 3.63) is 0 Å². The number of hydrogen-bond donors (Lipinski definition) is 3. The molecule has 0 spiro atoms. The minimum atomic E-state index is -5.39. The van der Waals surface area contributed by atoms with Gasteiger partial charge >= 0.3 is 6.15 Å². The van der Waals surface area contributed by atoms with Crippen molar-refractivity contribution in [2.75, 3.05) is 0 Å². The number of nitrogens with one attached hydrogen (secondary N) is 1. The van der Waals surface area contributed by atoms with Crippen LogP contribution < -0.4 is 32.3 Å². The molecule has 0 aliphatic carbocycles. The summed E-state index contributed by atoms with van der Waals surface area (Å²) in [7, 11) is -5.39. The predicted octanol–water partition coefficient (Wildman–Crippen LogP) is -4.47. The molecule has 0 bridgehead atoms. The Morgan fingerprint density at radius 2 is 1.30 bits per heavy atom. The third kappa shape index (κ3) is 318. The molecule has 0 saturated heterocycles. The molecular formula is CH5N4O4P. The fourth-order valence-corrected chi connectivity index (χ4v) is 0. The molecule has 58 valence electrons. The summed E-state index contributed by atoms with van der Waals surface area (Å²) >= 11 is 0. The number of hydrogen-bond acceptors (Lipinski definition) is 5. The molecule has 0 aliphatic heterocycles. The van der Waals surface area contributed by atoms with Gasteiger partial charge in [-0.05, 0) is 0 Å². The first-order chi connectivity index (χ1) is 3.73. The Hall–Kier alpha value is -0.910. The maximum atomic E-state index is 8.55. The molecule has 0 aromatic heterocycles. The van der Waals surface area contributed by atoms with Gasteiger partial charge in [0.1, 0.15) is 0 Å². The van der Waals surface area contributed by atoms with Crippen molar-refractivity contribution < 1.29 is 19.2 Å². The van der Waals surface area contributed by atoms with E-state index in [-0.39, 0.29) is 12.1 Å². The molecule has 10 heavy (non-hydrogen) atoms. The quantitative estimate of drug-likeness (QED) is 0.185. The number of nitrogens with zero attached hydrogens (tertiary/aromatic N) is 1. The lowest BCUT2D eigenvalue weighted by molar-refractivity contribution is -0.432. The SMILES string of the molecule is N=C(N)N.O=P([O-])([O-])[O-].[N+3]. The Kier molecular flexibility index (Phi) is 9.97. The Morgan fingerprint density at radius 1 is 1.30 bits per heavy atom. The Balaban J connectivity index is -0.0000000910. The van der Waals surface area contributed by atoms with Crippen LogP contribution in [0.25, 0.3) is 0 Å². The Bertz CT molecular complexity index is 117. The average Bonchev–Trinajstić information content (AvgIpc) is 1.19. The molecule has 0 heterocycles. The summed E-state index contributed by atoms with van der Waals surface area (Å²) in [5, 5.41) is 6.06. The maximum Gasteiger partial charge on any atom is 3.00 e. The highest BCUT2D eigenvalue weighted by atomic mass is 31.2. The van der Waals surface area contributed by atoms with Gasteiger partial charge in [-0.25, -0.2) is 0 Å². The highest BCUT2D eigenvalue weighted by Crippen LogP contribution is 2.03. The summed E-state index contributed by atoms with van der Waals surface area (Å²) in [5.41, 5.74) is 8.94. The molecule has 0 aromatic rings. The monoisotopic (exact) mass is 168 g/mol. The van der Waals surface area contributed by atoms with Gasteiger partial charge in [0.2, 0.25) is 0 Å². The van der Waals surface area contributed by atoms with Crippen LogP contribution in [0.15, 0.2) is 0 Å². The first-order valence-corrected chi connectivity index (χ1v) is 3.02. The molecule has 5 N–H and O–H groups in total. The van der Waals surface area contributed by atoms with E-state index < -0.39 is 7.82 Å². The van der Waals surface area contributed by atoms with E-state index in [9.17, 15) is 0 Å². The molecule has 8 nitrogen and oxygen atoms in total. The van der Waals surface area contributed by atoms with Gasteiger partial charge in [0, 0.05) is 0 Å². The van der Waals surface area contributed by atoms with E-state index in [0.29, 0.717) is 0 Å². The van der Waals surface area contributed by atoms with E-state index in [1.54, 1.807) is 0 Å². The molecular weight excluding hydrogens is 163 g/mol. The van der Waals surface area contributed by atoms with E-state index in [0.717, 1.165) is 0 Å². The van der Waals surface area contributed by atoms with Crippen molar-refractivity contribution in [2.24, 2.45) is 11.5 Å². The second kappa shape index (κ2) is 6.21. The van der Waals surface area contributed by atoms with Crippen LogP contribution in [-0.4, -0.2) is 5.96 Å². The molecule has 0 fully saturated rings. The van der Waals surface area contributed by atoms with Crippen LogP contribution in [0.5, 0.6) is 0 Å². The average molecular weight is 168 g/mol. The molecule has 2 radical (unpaired) electrons. The topological polar surface area (TPSA) is 193 Å². The number of guanidine groups is 1. The van der Waals surface area contributed by atoms with Crippen LogP contribution >= 0.6 is 7.82 Å². The summed E-state index contributed by atoms with van der Waals surface area (Å²) in [6, 6.07) is 0. The first-order valence-electron chi connectivity index (χ1n) is 1.56. The molecule has 0 saturated carbocycles. The van der Waals surface area contributed by atoms with Crippen LogP contribution in [0.3, 0.4) is 0 Å². The second-order valence-electron chi connectivity index (χ2n) is 0.903. The van der Waals surface area contributed by atoms with Gasteiger partial charge in [0.05, 0.1) is 0 Å². The lowest BCUT2D eigenvalue weighted by Crippen LogP contribution is -2.24. The fourth-order valence-electron chi connectivity index (χ4n) is 0. The van der Waals surface area contributed by atoms with Gasteiger partial charge in [0.15, 0.2) is 5.96 Å². The fraction of sp³-hybridized carbons (Fsp3) is 0. The summed E-state index contributed by atoms with van der Waals surface area (Å²) < 4.78 is 8.55. The summed E-state index contributed by atoms with van der Waals surface area (Å²) in [4.78, 5) is 25.6. The van der Waals surface area contributed by atoms with Gasteiger partial charge in [-0.2, -0.15) is 7.82 Å². The predicted molar refractivity (Wildman–Crippen MR) is 25.8 cm³/mol. The molecule has 0 aromatic carbocycles. The van der Waals surface area contributed by atoms with Crippen molar-refractivity contribution in [1.82, 2.24) is 6.15 Å². The van der Waals surface area contributed by atoms with Crippen LogP contribution in [0, 0.1) is 5.41 Å². The largest absolute Gasteiger partial charge is 3.00 e. The van der Waals surface area contributed by atoms with Crippen LogP contribution in [-0.2, 0) is 4.57 Å². The van der Waals surface area contributed by atoms with E-state index in [1.807, 2.05) is 0 Å². The van der Waals surface area contributed by atoms with Crippen molar-refractivity contribution >= 4 is 13.8 Å². The lowest BCUT2D eigenvalue weighted by Gasteiger charge is -2.36.